The molecule has 1 saturated heterocycles. The molecule has 4 nitrogen and oxygen atoms in total. The number of thiophene rings is 1. The lowest BCUT2D eigenvalue weighted by Crippen LogP contribution is -2.44. The zero-order valence-electron chi connectivity index (χ0n) is 9.90. The lowest BCUT2D eigenvalue weighted by Gasteiger charge is -2.29. The van der Waals surface area contributed by atoms with Crippen LogP contribution < -0.4 is 0 Å². The smallest absolute Gasteiger partial charge is 0.264 e. The third-order valence-corrected chi connectivity index (χ3v) is 4.01. The number of carbonyl (C=O) groups excluding carboxylic acids is 1. The fourth-order valence-electron chi connectivity index (χ4n) is 1.75. The number of amides is 1. The van der Waals surface area contributed by atoms with Crippen molar-refractivity contribution in [2.24, 2.45) is 0 Å². The van der Waals surface area contributed by atoms with Gasteiger partial charge in [-0.15, -0.1) is 11.3 Å². The van der Waals surface area contributed by atoms with Crippen LogP contribution in [0.5, 0.6) is 0 Å². The van der Waals surface area contributed by atoms with E-state index in [2.05, 4.69) is 0 Å². The minimum absolute atomic E-state index is 0.00903. The number of ether oxygens (including phenoxy) is 1. The Labute approximate surface area is 104 Å². The van der Waals surface area contributed by atoms with Gasteiger partial charge in [-0.05, 0) is 25.5 Å². The van der Waals surface area contributed by atoms with E-state index in [0.717, 1.165) is 10.4 Å². The highest BCUT2D eigenvalue weighted by Gasteiger charge is 2.25. The summed E-state index contributed by atoms with van der Waals surface area (Å²) in [6.07, 6.45) is -0.491. The summed E-state index contributed by atoms with van der Waals surface area (Å²) in [5.41, 5.74) is 1.14. The summed E-state index contributed by atoms with van der Waals surface area (Å²) in [4.78, 5) is 15.8. The molecule has 0 radical (unpaired) electrons. The summed E-state index contributed by atoms with van der Waals surface area (Å²) in [6, 6.07) is 3.96. The van der Waals surface area contributed by atoms with E-state index in [1.807, 2.05) is 26.0 Å². The summed E-state index contributed by atoms with van der Waals surface area (Å²) >= 11 is 1.51. The first-order chi connectivity index (χ1) is 8.11. The lowest BCUT2D eigenvalue weighted by atomic mass is 10.2. The maximum absolute atomic E-state index is 12.2. The van der Waals surface area contributed by atoms with Crippen molar-refractivity contribution in [2.45, 2.75) is 20.0 Å². The van der Waals surface area contributed by atoms with Gasteiger partial charge in [0, 0.05) is 11.4 Å². The van der Waals surface area contributed by atoms with Crippen LogP contribution in [0.1, 0.15) is 20.1 Å². The Hall–Kier alpha value is -1.38. The molecule has 0 aliphatic carbocycles. The van der Waals surface area contributed by atoms with Crippen LogP contribution >= 0.6 is 11.3 Å². The summed E-state index contributed by atoms with van der Waals surface area (Å²) in [6.45, 7) is 5.37. The zero-order valence-corrected chi connectivity index (χ0v) is 10.7. The minimum atomic E-state index is -0.491. The SMILES string of the molecule is Cc1cc(C(=O)N2CCOC(C#N)C2)sc1C. The Bertz CT molecular complexity index is 456. The van der Waals surface area contributed by atoms with Crippen molar-refractivity contribution in [3.63, 3.8) is 0 Å². The van der Waals surface area contributed by atoms with Gasteiger partial charge in [-0.2, -0.15) is 5.26 Å². The zero-order chi connectivity index (χ0) is 12.4. The molecule has 1 aromatic heterocycles. The Morgan fingerprint density at radius 1 is 1.65 bits per heavy atom. The summed E-state index contributed by atoms with van der Waals surface area (Å²) in [5.74, 6) is 0.00903. The lowest BCUT2D eigenvalue weighted by molar-refractivity contribution is 0.00369. The molecule has 1 unspecified atom stereocenters. The van der Waals surface area contributed by atoms with Gasteiger partial charge in [0.2, 0.25) is 0 Å². The molecule has 0 spiro atoms. The van der Waals surface area contributed by atoms with E-state index < -0.39 is 6.10 Å². The van der Waals surface area contributed by atoms with Crippen LogP contribution in [0.3, 0.4) is 0 Å². The van der Waals surface area contributed by atoms with E-state index >= 15 is 0 Å². The van der Waals surface area contributed by atoms with Gasteiger partial charge in [-0.3, -0.25) is 4.79 Å². The average Bonchev–Trinajstić information content (AvgIpc) is 2.69. The molecule has 90 valence electrons. The number of morpholine rings is 1. The van der Waals surface area contributed by atoms with Crippen molar-refractivity contribution in [1.29, 1.82) is 5.26 Å². The van der Waals surface area contributed by atoms with Crippen LogP contribution in [0.25, 0.3) is 0 Å². The predicted octanol–water partition coefficient (Wildman–Crippen LogP) is 1.73. The second kappa shape index (κ2) is 4.86. The number of hydrogen-bond donors (Lipinski definition) is 0. The van der Waals surface area contributed by atoms with E-state index in [9.17, 15) is 4.79 Å². The fraction of sp³-hybridized carbons (Fsp3) is 0.500. The van der Waals surface area contributed by atoms with E-state index in [-0.39, 0.29) is 5.91 Å². The molecule has 0 aromatic carbocycles. The van der Waals surface area contributed by atoms with Crippen molar-refractivity contribution in [1.82, 2.24) is 4.90 Å². The second-order valence-electron chi connectivity index (χ2n) is 4.09. The van der Waals surface area contributed by atoms with Crippen molar-refractivity contribution in [3.05, 3.63) is 21.4 Å². The Morgan fingerprint density at radius 3 is 3.00 bits per heavy atom. The topological polar surface area (TPSA) is 53.3 Å². The number of rotatable bonds is 1. The molecule has 1 atom stereocenters. The maximum atomic E-state index is 12.2. The van der Waals surface area contributed by atoms with Gasteiger partial charge in [0.15, 0.2) is 6.10 Å². The monoisotopic (exact) mass is 250 g/mol. The van der Waals surface area contributed by atoms with Crippen LogP contribution in [0, 0.1) is 25.2 Å². The molecule has 17 heavy (non-hydrogen) atoms. The van der Waals surface area contributed by atoms with Crippen molar-refractivity contribution < 1.29 is 9.53 Å². The molecule has 1 amide bonds. The average molecular weight is 250 g/mol. The number of nitriles is 1. The van der Waals surface area contributed by atoms with Gasteiger partial charge >= 0.3 is 0 Å². The van der Waals surface area contributed by atoms with Crippen LogP contribution in [-0.2, 0) is 4.74 Å². The summed E-state index contributed by atoms with van der Waals surface area (Å²) in [5, 5.41) is 8.80. The van der Waals surface area contributed by atoms with Gasteiger partial charge in [0.25, 0.3) is 5.91 Å². The molecular weight excluding hydrogens is 236 g/mol. The van der Waals surface area contributed by atoms with E-state index in [4.69, 9.17) is 10.00 Å². The van der Waals surface area contributed by atoms with Crippen LogP contribution in [0.4, 0.5) is 0 Å². The largest absolute Gasteiger partial charge is 0.360 e. The third-order valence-electron chi connectivity index (χ3n) is 2.87. The molecule has 1 aromatic rings. The second-order valence-corrected chi connectivity index (χ2v) is 5.35. The van der Waals surface area contributed by atoms with E-state index in [1.54, 1.807) is 4.90 Å². The van der Waals surface area contributed by atoms with Gasteiger partial charge in [-0.1, -0.05) is 0 Å². The van der Waals surface area contributed by atoms with Gasteiger partial charge < -0.3 is 9.64 Å². The van der Waals surface area contributed by atoms with Crippen molar-refractivity contribution >= 4 is 17.2 Å². The number of hydrogen-bond acceptors (Lipinski definition) is 4. The summed E-state index contributed by atoms with van der Waals surface area (Å²) in [7, 11) is 0. The highest BCUT2D eigenvalue weighted by molar-refractivity contribution is 7.14. The first kappa shape index (κ1) is 12.1. The van der Waals surface area contributed by atoms with Crippen molar-refractivity contribution in [2.75, 3.05) is 19.7 Å². The highest BCUT2D eigenvalue weighted by Crippen LogP contribution is 2.22. The quantitative estimate of drug-likeness (QED) is 0.762. The molecule has 2 heterocycles. The Kier molecular flexibility index (Phi) is 3.46. The van der Waals surface area contributed by atoms with E-state index in [0.29, 0.717) is 19.7 Å². The van der Waals surface area contributed by atoms with Crippen molar-refractivity contribution in [3.8, 4) is 6.07 Å². The van der Waals surface area contributed by atoms with Crippen LogP contribution in [0.15, 0.2) is 6.07 Å². The maximum Gasteiger partial charge on any atom is 0.264 e. The van der Waals surface area contributed by atoms with Crippen LogP contribution in [0.2, 0.25) is 0 Å². The molecule has 1 aliphatic rings. The van der Waals surface area contributed by atoms with E-state index in [1.165, 1.54) is 16.2 Å². The molecular formula is C12H14N2O2S. The standard InChI is InChI=1S/C12H14N2O2S/c1-8-5-11(17-9(8)2)12(15)14-3-4-16-10(6-13)7-14/h5,10H,3-4,7H2,1-2H3. The highest BCUT2D eigenvalue weighted by atomic mass is 32.1. The first-order valence-corrected chi connectivity index (χ1v) is 6.31. The van der Waals surface area contributed by atoms with Gasteiger partial charge in [0.1, 0.15) is 0 Å². The van der Waals surface area contributed by atoms with Gasteiger partial charge in [-0.25, -0.2) is 0 Å². The Morgan fingerprint density at radius 2 is 2.41 bits per heavy atom. The number of carbonyl (C=O) groups is 1. The number of nitrogens with zero attached hydrogens (tertiary/aromatic N) is 2. The molecule has 0 N–H and O–H groups in total. The predicted molar refractivity (Wildman–Crippen MR) is 65.0 cm³/mol. The summed E-state index contributed by atoms with van der Waals surface area (Å²) < 4.78 is 5.22. The Balaban J connectivity index is 2.12. The molecule has 1 aliphatic heterocycles. The first-order valence-electron chi connectivity index (χ1n) is 5.49. The molecule has 1 fully saturated rings. The van der Waals surface area contributed by atoms with Crippen LogP contribution in [-0.4, -0.2) is 36.6 Å². The molecule has 2 rings (SSSR count). The minimum Gasteiger partial charge on any atom is -0.360 e. The molecule has 0 saturated carbocycles. The molecule has 5 heteroatoms. The number of aryl methyl sites for hydroxylation is 2. The molecule has 0 bridgehead atoms. The van der Waals surface area contributed by atoms with Gasteiger partial charge in [0.05, 0.1) is 24.1 Å². The third kappa shape index (κ3) is 2.48. The normalized spacial score (nSPS) is 20.1. The fourth-order valence-corrected chi connectivity index (χ4v) is 2.75.